The second kappa shape index (κ2) is 5.70. The third-order valence-corrected chi connectivity index (χ3v) is 3.30. The number of benzene rings is 1. The Kier molecular flexibility index (Phi) is 4.00. The highest BCUT2D eigenvalue weighted by molar-refractivity contribution is 5.58. The van der Waals surface area contributed by atoms with Crippen LogP contribution < -0.4 is 0 Å². The van der Waals surface area contributed by atoms with E-state index >= 15 is 0 Å². The van der Waals surface area contributed by atoms with Crippen LogP contribution in [0.3, 0.4) is 0 Å². The van der Waals surface area contributed by atoms with Gasteiger partial charge < -0.3 is 4.98 Å². The number of aromatic nitrogens is 2. The predicted molar refractivity (Wildman–Crippen MR) is 81.0 cm³/mol. The van der Waals surface area contributed by atoms with Crippen molar-refractivity contribution in [2.45, 2.75) is 26.2 Å². The van der Waals surface area contributed by atoms with Crippen molar-refractivity contribution in [1.29, 1.82) is 0 Å². The quantitative estimate of drug-likeness (QED) is 0.767. The number of rotatable bonds is 5. The molecule has 2 rings (SSSR count). The number of imidazole rings is 1. The van der Waals surface area contributed by atoms with E-state index in [1.165, 1.54) is 0 Å². The van der Waals surface area contributed by atoms with Gasteiger partial charge in [0, 0.05) is 5.92 Å². The van der Waals surface area contributed by atoms with Crippen LogP contribution in [0, 0.1) is 0 Å². The molecule has 0 bridgehead atoms. The van der Waals surface area contributed by atoms with Gasteiger partial charge in [-0.1, -0.05) is 61.6 Å². The third-order valence-electron chi connectivity index (χ3n) is 3.30. The molecule has 2 heteroatoms. The Morgan fingerprint density at radius 1 is 1.26 bits per heavy atom. The lowest BCUT2D eigenvalue weighted by molar-refractivity contribution is 0.710. The van der Waals surface area contributed by atoms with E-state index in [0.717, 1.165) is 34.6 Å². The summed E-state index contributed by atoms with van der Waals surface area (Å²) in [6.07, 6.45) is 2.78. The Balaban J connectivity index is 2.13. The summed E-state index contributed by atoms with van der Waals surface area (Å²) in [7, 11) is 0. The third kappa shape index (κ3) is 3.22. The van der Waals surface area contributed by atoms with E-state index in [0.29, 0.717) is 5.92 Å². The Morgan fingerprint density at radius 3 is 2.58 bits per heavy atom. The van der Waals surface area contributed by atoms with E-state index in [9.17, 15) is 0 Å². The highest BCUT2D eigenvalue weighted by Gasteiger charge is 2.12. The van der Waals surface area contributed by atoms with Gasteiger partial charge in [-0.05, 0) is 18.9 Å². The molecule has 0 saturated carbocycles. The Bertz CT molecular complexity index is 578. The first-order valence-corrected chi connectivity index (χ1v) is 6.52. The summed E-state index contributed by atoms with van der Waals surface area (Å²) >= 11 is 0. The molecule has 0 saturated heterocycles. The second-order valence-electron chi connectivity index (χ2n) is 5.04. The lowest BCUT2D eigenvalue weighted by Gasteiger charge is -2.10. The molecule has 2 aromatic rings. The first-order valence-electron chi connectivity index (χ1n) is 6.52. The zero-order valence-corrected chi connectivity index (χ0v) is 11.6. The van der Waals surface area contributed by atoms with Crippen LogP contribution in [0.15, 0.2) is 60.8 Å². The maximum atomic E-state index is 4.48. The summed E-state index contributed by atoms with van der Waals surface area (Å²) in [5.41, 5.74) is 4.35. The van der Waals surface area contributed by atoms with Crippen molar-refractivity contribution >= 4 is 0 Å². The van der Waals surface area contributed by atoms with Gasteiger partial charge in [-0.25, -0.2) is 4.98 Å². The fourth-order valence-corrected chi connectivity index (χ4v) is 1.99. The molecular weight excluding hydrogens is 232 g/mol. The van der Waals surface area contributed by atoms with Crippen molar-refractivity contribution in [2.24, 2.45) is 0 Å². The highest BCUT2D eigenvalue weighted by atomic mass is 14.9. The lowest BCUT2D eigenvalue weighted by atomic mass is 9.98. The van der Waals surface area contributed by atoms with Crippen LogP contribution in [0.4, 0.5) is 0 Å². The molecule has 1 unspecified atom stereocenters. The van der Waals surface area contributed by atoms with Crippen LogP contribution in [0.25, 0.3) is 11.3 Å². The molecular formula is C17H20N2. The lowest BCUT2D eigenvalue weighted by Crippen LogP contribution is -1.98. The fourth-order valence-electron chi connectivity index (χ4n) is 1.99. The smallest absolute Gasteiger partial charge is 0.109 e. The molecule has 1 aromatic carbocycles. The van der Waals surface area contributed by atoms with Crippen LogP contribution in [-0.4, -0.2) is 9.97 Å². The summed E-state index contributed by atoms with van der Waals surface area (Å²) in [5, 5.41) is 0. The van der Waals surface area contributed by atoms with Gasteiger partial charge in [0.15, 0.2) is 0 Å². The molecule has 1 N–H and O–H groups in total. The highest BCUT2D eigenvalue weighted by Crippen LogP contribution is 2.25. The molecule has 0 aliphatic carbocycles. The van der Waals surface area contributed by atoms with Crippen LogP contribution in [0.2, 0.25) is 0 Å². The topological polar surface area (TPSA) is 28.7 Å². The standard InChI is InChI=1S/C17H20N2/c1-12(2)13(3)10-14(4)17-18-11-16(19-17)15-8-6-5-7-9-15/h5-9,11,14H,1,3,10H2,2,4H3,(H,18,19). The first-order chi connectivity index (χ1) is 9.08. The van der Waals surface area contributed by atoms with Gasteiger partial charge in [-0.15, -0.1) is 0 Å². The van der Waals surface area contributed by atoms with Gasteiger partial charge in [0.05, 0.1) is 11.9 Å². The largest absolute Gasteiger partial charge is 0.342 e. The molecule has 1 aromatic heterocycles. The Labute approximate surface area is 114 Å². The first kappa shape index (κ1) is 13.3. The molecule has 0 amide bonds. The van der Waals surface area contributed by atoms with Gasteiger partial charge >= 0.3 is 0 Å². The van der Waals surface area contributed by atoms with Crippen LogP contribution in [-0.2, 0) is 0 Å². The Hall–Kier alpha value is -2.09. The zero-order chi connectivity index (χ0) is 13.8. The average Bonchev–Trinajstić information content (AvgIpc) is 2.89. The number of nitrogens with zero attached hydrogens (tertiary/aromatic N) is 1. The number of hydrogen-bond acceptors (Lipinski definition) is 1. The normalized spacial score (nSPS) is 12.1. The van der Waals surface area contributed by atoms with Crippen molar-refractivity contribution in [3.63, 3.8) is 0 Å². The monoisotopic (exact) mass is 252 g/mol. The van der Waals surface area contributed by atoms with Gasteiger partial charge in [-0.3, -0.25) is 0 Å². The SMILES string of the molecule is C=C(C)C(=C)CC(C)c1ncc(-c2ccccc2)[nH]1. The average molecular weight is 252 g/mol. The number of nitrogens with one attached hydrogen (secondary N) is 1. The van der Waals surface area contributed by atoms with Crippen LogP contribution >= 0.6 is 0 Å². The van der Waals surface area contributed by atoms with Crippen molar-refractivity contribution in [3.8, 4) is 11.3 Å². The molecule has 19 heavy (non-hydrogen) atoms. The summed E-state index contributed by atoms with van der Waals surface area (Å²) in [6, 6.07) is 10.2. The maximum Gasteiger partial charge on any atom is 0.109 e. The van der Waals surface area contributed by atoms with Crippen molar-refractivity contribution < 1.29 is 0 Å². The molecule has 1 heterocycles. The molecule has 98 valence electrons. The number of allylic oxidation sites excluding steroid dienone is 2. The Morgan fingerprint density at radius 2 is 1.95 bits per heavy atom. The van der Waals surface area contributed by atoms with E-state index in [1.54, 1.807) is 0 Å². The molecule has 1 atom stereocenters. The van der Waals surface area contributed by atoms with E-state index in [1.807, 2.05) is 31.3 Å². The minimum absolute atomic E-state index is 0.321. The molecule has 0 spiro atoms. The number of hydrogen-bond donors (Lipinski definition) is 1. The molecule has 2 nitrogen and oxygen atoms in total. The molecule has 0 fully saturated rings. The molecule has 0 aliphatic rings. The minimum Gasteiger partial charge on any atom is -0.342 e. The van der Waals surface area contributed by atoms with E-state index in [2.05, 4.69) is 42.2 Å². The number of H-pyrrole nitrogens is 1. The van der Waals surface area contributed by atoms with E-state index < -0.39 is 0 Å². The summed E-state index contributed by atoms with van der Waals surface area (Å²) in [4.78, 5) is 7.87. The fraction of sp³-hybridized carbons (Fsp3) is 0.235. The van der Waals surface area contributed by atoms with Crippen molar-refractivity contribution in [2.75, 3.05) is 0 Å². The van der Waals surface area contributed by atoms with Crippen molar-refractivity contribution in [1.82, 2.24) is 9.97 Å². The zero-order valence-electron chi connectivity index (χ0n) is 11.6. The summed E-state index contributed by atoms with van der Waals surface area (Å²) in [6.45, 7) is 12.1. The van der Waals surface area contributed by atoms with Gasteiger partial charge in [-0.2, -0.15) is 0 Å². The van der Waals surface area contributed by atoms with Gasteiger partial charge in [0.2, 0.25) is 0 Å². The maximum absolute atomic E-state index is 4.48. The summed E-state index contributed by atoms with van der Waals surface area (Å²) < 4.78 is 0. The van der Waals surface area contributed by atoms with Gasteiger partial charge in [0.1, 0.15) is 5.82 Å². The van der Waals surface area contributed by atoms with Crippen LogP contribution in [0.1, 0.15) is 32.0 Å². The molecule has 0 aliphatic heterocycles. The summed E-state index contributed by atoms with van der Waals surface area (Å²) in [5.74, 6) is 1.32. The predicted octanol–water partition coefficient (Wildman–Crippen LogP) is 4.70. The van der Waals surface area contributed by atoms with E-state index in [-0.39, 0.29) is 0 Å². The van der Waals surface area contributed by atoms with Gasteiger partial charge in [0.25, 0.3) is 0 Å². The van der Waals surface area contributed by atoms with E-state index in [4.69, 9.17) is 0 Å². The second-order valence-corrected chi connectivity index (χ2v) is 5.04. The number of aromatic amines is 1. The van der Waals surface area contributed by atoms with Crippen LogP contribution in [0.5, 0.6) is 0 Å². The minimum atomic E-state index is 0.321. The molecule has 0 radical (unpaired) electrons. The van der Waals surface area contributed by atoms with Crippen molar-refractivity contribution in [3.05, 3.63) is 66.7 Å².